The average molecular weight is 409 g/mol. The molecule has 2 amide bonds. The van der Waals surface area contributed by atoms with Crippen LogP contribution in [0, 0.1) is 0 Å². The summed E-state index contributed by atoms with van der Waals surface area (Å²) < 4.78 is 36.9. The van der Waals surface area contributed by atoms with Crippen LogP contribution in [0.1, 0.15) is 13.8 Å². The van der Waals surface area contributed by atoms with Gasteiger partial charge in [-0.1, -0.05) is 6.58 Å². The van der Waals surface area contributed by atoms with E-state index in [1.54, 1.807) is 0 Å². The number of rotatable bonds is 7. The van der Waals surface area contributed by atoms with Crippen molar-refractivity contribution in [2.24, 2.45) is 0 Å². The second-order valence-electron chi connectivity index (χ2n) is 6.31. The number of aliphatic carboxylic acids is 1. The van der Waals surface area contributed by atoms with Gasteiger partial charge in [0.1, 0.15) is 18.2 Å². The zero-order chi connectivity index (χ0) is 20.6. The summed E-state index contributed by atoms with van der Waals surface area (Å²) in [6, 6.07) is -2.11. The number of carbonyl (C=O) groups excluding carboxylic acids is 1. The Bertz CT molecular complexity index is 714. The first-order valence-electron chi connectivity index (χ1n) is 7.82. The molecule has 2 heterocycles. The van der Waals surface area contributed by atoms with Gasteiger partial charge in [0, 0.05) is 11.9 Å². The third-order valence-electron chi connectivity index (χ3n) is 4.05. The van der Waals surface area contributed by atoms with E-state index >= 15 is 0 Å². The van der Waals surface area contributed by atoms with Crippen molar-refractivity contribution in [3.8, 4) is 0 Å². The molecule has 0 saturated carbocycles. The Morgan fingerprint density at radius 2 is 2.30 bits per heavy atom. The van der Waals surface area contributed by atoms with E-state index in [0.717, 1.165) is 18.7 Å². The van der Waals surface area contributed by atoms with Crippen LogP contribution in [0.3, 0.4) is 0 Å². The fourth-order valence-corrected chi connectivity index (χ4v) is 3.55. The van der Waals surface area contributed by atoms with E-state index in [0.29, 0.717) is 0 Å². The molecular weight excluding hydrogens is 388 g/mol. The topological polar surface area (TPSA) is 158 Å². The lowest BCUT2D eigenvalue weighted by atomic mass is 9.98. The summed E-state index contributed by atoms with van der Waals surface area (Å²) in [4.78, 5) is 33.2. The maximum Gasteiger partial charge on any atom is 0.403 e. The second-order valence-corrected chi connectivity index (χ2v) is 7.86. The van der Waals surface area contributed by atoms with Crippen molar-refractivity contribution >= 4 is 19.7 Å². The summed E-state index contributed by atoms with van der Waals surface area (Å²) in [7, 11) is -4.56. The van der Waals surface area contributed by atoms with Crippen LogP contribution >= 0.6 is 7.75 Å². The third-order valence-corrected chi connectivity index (χ3v) is 5.26. The highest BCUT2D eigenvalue weighted by Crippen LogP contribution is 2.42. The molecule has 5 N–H and O–H groups in total. The van der Waals surface area contributed by atoms with Crippen molar-refractivity contribution in [3.05, 3.63) is 24.6 Å². The zero-order valence-corrected chi connectivity index (χ0v) is 15.4. The summed E-state index contributed by atoms with van der Waals surface area (Å²) in [5.74, 6) is -1.38. The third kappa shape index (κ3) is 4.72. The number of carboxylic acids is 1. The number of urea groups is 1. The Balaban J connectivity index is 2.06. The number of aliphatic hydroxyl groups excluding tert-OH is 1. The second kappa shape index (κ2) is 7.66. The highest BCUT2D eigenvalue weighted by atomic mass is 31.2. The zero-order valence-electron chi connectivity index (χ0n) is 14.5. The van der Waals surface area contributed by atoms with Crippen molar-refractivity contribution in [1.29, 1.82) is 0 Å². The van der Waals surface area contributed by atoms with E-state index in [4.69, 9.17) is 14.4 Å². The molecule has 152 valence electrons. The van der Waals surface area contributed by atoms with Gasteiger partial charge < -0.3 is 25.2 Å². The highest BCUT2D eigenvalue weighted by molar-refractivity contribution is 7.50. The van der Waals surface area contributed by atoms with Crippen LogP contribution in [0.5, 0.6) is 0 Å². The maximum absolute atomic E-state index is 15.0. The molecule has 6 atom stereocenters. The van der Waals surface area contributed by atoms with E-state index in [2.05, 4.69) is 11.9 Å². The quantitative estimate of drug-likeness (QED) is 0.366. The number of carbonyl (C=O) groups is 2. The summed E-state index contributed by atoms with van der Waals surface area (Å²) in [6.45, 7) is 4.94. The molecule has 0 bridgehead atoms. The monoisotopic (exact) mass is 409 g/mol. The molecule has 11 nitrogen and oxygen atoms in total. The number of nitrogens with one attached hydrogen (secondary N) is 2. The first-order valence-corrected chi connectivity index (χ1v) is 9.39. The maximum atomic E-state index is 15.0. The van der Waals surface area contributed by atoms with E-state index in [-0.39, 0.29) is 5.70 Å². The van der Waals surface area contributed by atoms with Gasteiger partial charge in [0.25, 0.3) is 0 Å². The van der Waals surface area contributed by atoms with Gasteiger partial charge in [-0.15, -0.1) is 0 Å². The summed E-state index contributed by atoms with van der Waals surface area (Å²) in [6.07, 6.45) is -2.08. The van der Waals surface area contributed by atoms with Crippen molar-refractivity contribution in [1.82, 2.24) is 15.3 Å². The molecule has 2 aliphatic rings. The molecule has 1 saturated heterocycles. The van der Waals surface area contributed by atoms with Crippen molar-refractivity contribution in [2.75, 3.05) is 6.61 Å². The number of nitrogens with zero attached hydrogens (tertiary/aromatic N) is 1. The van der Waals surface area contributed by atoms with Crippen LogP contribution in [0.4, 0.5) is 9.18 Å². The number of allylic oxidation sites excluding steroid dienone is 1. The van der Waals surface area contributed by atoms with Crippen LogP contribution in [0.2, 0.25) is 0 Å². The molecule has 0 aromatic heterocycles. The number of hydrogen-bond acceptors (Lipinski definition) is 6. The van der Waals surface area contributed by atoms with Crippen molar-refractivity contribution in [3.63, 3.8) is 0 Å². The fraction of sp³-hybridized carbons (Fsp3) is 0.571. The largest absolute Gasteiger partial charge is 0.480 e. The molecule has 13 heteroatoms. The number of hydrogen-bond donors (Lipinski definition) is 5. The lowest BCUT2D eigenvalue weighted by molar-refractivity contribution is -0.138. The predicted molar refractivity (Wildman–Crippen MR) is 88.8 cm³/mol. The van der Waals surface area contributed by atoms with E-state index in [9.17, 15) is 28.5 Å². The Kier molecular flexibility index (Phi) is 6.10. The molecule has 0 spiro atoms. The van der Waals surface area contributed by atoms with Crippen molar-refractivity contribution < 1.29 is 42.9 Å². The summed E-state index contributed by atoms with van der Waals surface area (Å²) in [5.41, 5.74) is -2.13. The lowest BCUT2D eigenvalue weighted by Gasteiger charge is -2.33. The Morgan fingerprint density at radius 3 is 2.85 bits per heavy atom. The van der Waals surface area contributed by atoms with E-state index in [1.165, 1.54) is 12.3 Å². The smallest absolute Gasteiger partial charge is 0.403 e. The average Bonchev–Trinajstić information content (AvgIpc) is 2.76. The molecule has 0 aromatic rings. The Morgan fingerprint density at radius 1 is 1.67 bits per heavy atom. The summed E-state index contributed by atoms with van der Waals surface area (Å²) >= 11 is 0. The lowest BCUT2D eigenvalue weighted by Crippen LogP contribution is -2.53. The number of halogens is 1. The minimum absolute atomic E-state index is 0.287. The molecule has 0 aliphatic carbocycles. The molecule has 1 fully saturated rings. The predicted octanol–water partition coefficient (Wildman–Crippen LogP) is 0.0327. The first-order chi connectivity index (χ1) is 12.3. The molecule has 27 heavy (non-hydrogen) atoms. The SMILES string of the molecule is C=C1C=CN([C@@H]2O[C@H](COP(=O)(O)N[C@@H](C)C(=O)O)[C@@H](O)[C@@]2(C)F)C(=O)N1. The fourth-order valence-electron chi connectivity index (χ4n) is 2.53. The minimum Gasteiger partial charge on any atom is -0.480 e. The summed E-state index contributed by atoms with van der Waals surface area (Å²) in [5, 5.41) is 23.1. The molecule has 0 aromatic carbocycles. The van der Waals surface area contributed by atoms with Gasteiger partial charge in [-0.05, 0) is 19.9 Å². The minimum atomic E-state index is -4.56. The number of ether oxygens (including phenoxy) is 1. The van der Waals surface area contributed by atoms with Gasteiger partial charge >= 0.3 is 19.7 Å². The number of aliphatic hydroxyl groups is 1. The van der Waals surface area contributed by atoms with Crippen LogP contribution in [-0.2, 0) is 18.6 Å². The van der Waals surface area contributed by atoms with Crippen LogP contribution in [-0.4, -0.2) is 68.8 Å². The normalized spacial score (nSPS) is 34.3. The Labute approximate surface area is 154 Å². The van der Waals surface area contributed by atoms with Crippen LogP contribution in [0.15, 0.2) is 24.6 Å². The molecule has 0 radical (unpaired) electrons. The van der Waals surface area contributed by atoms with Crippen molar-refractivity contribution in [2.45, 2.75) is 44.0 Å². The van der Waals surface area contributed by atoms with Gasteiger partial charge in [-0.2, -0.15) is 0 Å². The van der Waals surface area contributed by atoms with Gasteiger partial charge in [0.2, 0.25) is 0 Å². The molecule has 2 rings (SSSR count). The number of alkyl halides is 1. The van der Waals surface area contributed by atoms with Crippen LogP contribution in [0.25, 0.3) is 0 Å². The number of carboxylic acid groups (broad SMARTS) is 1. The van der Waals surface area contributed by atoms with Gasteiger partial charge in [0.15, 0.2) is 11.9 Å². The number of amides is 2. The molecule has 2 aliphatic heterocycles. The first kappa shape index (κ1) is 21.5. The van der Waals surface area contributed by atoms with Gasteiger partial charge in [-0.3, -0.25) is 14.2 Å². The highest BCUT2D eigenvalue weighted by Gasteiger charge is 2.57. The van der Waals surface area contributed by atoms with E-state index in [1.807, 2.05) is 5.09 Å². The molecular formula is C14H21FN3O8P. The van der Waals surface area contributed by atoms with E-state index < -0.39 is 56.5 Å². The van der Waals surface area contributed by atoms with Gasteiger partial charge in [0.05, 0.1) is 6.61 Å². The Hall–Kier alpha value is -1.82. The molecule has 1 unspecified atom stereocenters. The van der Waals surface area contributed by atoms with Gasteiger partial charge in [-0.25, -0.2) is 18.8 Å². The standard InChI is InChI=1S/C14H21FN3O8P/c1-7-4-5-18(13(22)16-7)12-14(3,15)10(19)9(26-12)6-25-27(23,24)17-8(2)11(20)21/h4-5,8-10,12,19H,1,6H2,2-3H3,(H,16,22)(H,20,21)(H2,17,23,24)/t8-,9+,10+,12+,14+/m0/s1. The van der Waals surface area contributed by atoms with Crippen LogP contribution < -0.4 is 10.4 Å².